The lowest BCUT2D eigenvalue weighted by Crippen LogP contribution is -2.82. The number of methoxy groups -OCH3 is 2. The van der Waals surface area contributed by atoms with E-state index in [9.17, 15) is 48.3 Å². The molecule has 4 aliphatic rings. The Morgan fingerprint density at radius 1 is 0.796 bits per heavy atom. The zero-order valence-electron chi connectivity index (χ0n) is 62.0. The number of ether oxygens (including phenoxy) is 8. The first-order valence-electron chi connectivity index (χ1n) is 34.8. The molecule has 3 aromatic carbocycles. The van der Waals surface area contributed by atoms with Crippen molar-refractivity contribution in [2.45, 2.75) is 200 Å². The number of aliphatic hydroxyl groups is 1. The third-order valence-electron chi connectivity index (χ3n) is 20.2. The van der Waals surface area contributed by atoms with Crippen LogP contribution in [0.4, 0.5) is 20.1 Å². The first-order valence-corrected chi connectivity index (χ1v) is 34.8. The van der Waals surface area contributed by atoms with Crippen molar-refractivity contribution in [1.29, 1.82) is 0 Å². The molecule has 1 heterocycles. The van der Waals surface area contributed by atoms with E-state index in [0.717, 1.165) is 4.90 Å². The lowest BCUT2D eigenvalue weighted by Gasteiger charge is -2.67. The Morgan fingerprint density at radius 2 is 1.42 bits per heavy atom. The van der Waals surface area contributed by atoms with Crippen LogP contribution in [0, 0.1) is 28.6 Å². The molecule has 1 aliphatic heterocycles. The predicted molar refractivity (Wildman–Crippen MR) is 376 cm³/mol. The zero-order valence-corrected chi connectivity index (χ0v) is 62.0. The maximum Gasteiger partial charge on any atom is 0.410 e. The number of rotatable bonds is 30. The molecule has 3 fully saturated rings. The lowest BCUT2D eigenvalue weighted by atomic mass is 9.44. The van der Waals surface area contributed by atoms with Crippen molar-refractivity contribution >= 4 is 71.1 Å². The van der Waals surface area contributed by atoms with E-state index in [1.807, 2.05) is 20.8 Å². The maximum atomic E-state index is 16.0. The number of carbonyl (C=O) groups excluding carboxylic acids is 11. The molecule has 1 saturated heterocycles. The third kappa shape index (κ3) is 18.8. The molecule has 13 atom stereocenters. The number of hydrogen-bond donors (Lipinski definition) is 7. The summed E-state index contributed by atoms with van der Waals surface area (Å²) in [5.41, 5.74) is -0.810. The number of esters is 3. The second-order valence-corrected chi connectivity index (χ2v) is 29.6. The van der Waals surface area contributed by atoms with Gasteiger partial charge in [0.25, 0.3) is 0 Å². The Kier molecular flexibility index (Phi) is 27.0. The smallest absolute Gasteiger partial charge is 0.410 e. The molecule has 564 valence electrons. The Bertz CT molecular complexity index is 3600. The number of fused-ring (bicyclic) bond motifs is 5. The second-order valence-electron chi connectivity index (χ2n) is 29.6. The highest BCUT2D eigenvalue weighted by molar-refractivity contribution is 5.99. The lowest BCUT2D eigenvalue weighted by molar-refractivity contribution is -0.347. The average molecular weight is 1440 g/mol. The quantitative estimate of drug-likeness (QED) is 0.0156. The van der Waals surface area contributed by atoms with Crippen LogP contribution in [0.3, 0.4) is 0 Å². The highest BCUT2D eigenvalue weighted by atomic mass is 16.6. The second kappa shape index (κ2) is 34.2. The predicted octanol–water partition coefficient (Wildman–Crippen LogP) is 6.79. The molecule has 0 radical (unpaired) electrons. The molecule has 103 heavy (non-hydrogen) atoms. The number of nitrogens with zero attached hydrogens (tertiary/aromatic N) is 2. The summed E-state index contributed by atoms with van der Waals surface area (Å²) in [4.78, 5) is 154. The van der Waals surface area contributed by atoms with E-state index in [-0.39, 0.29) is 87.8 Å². The van der Waals surface area contributed by atoms with Crippen molar-refractivity contribution in [3.05, 3.63) is 113 Å². The van der Waals surface area contributed by atoms with Crippen molar-refractivity contribution in [3.8, 4) is 0 Å². The number of benzene rings is 3. The molecule has 8 N–H and O–H groups in total. The number of Topliss-reactive ketones (excluding diaryl/α,β-unsaturated/α-hetero) is 2. The number of nitrogens with two attached hydrogens (primary N) is 1. The average Bonchev–Trinajstić information content (AvgIpc) is 0.668. The molecule has 0 unspecified atom stereocenters. The Hall–Kier alpha value is -8.83. The molecule has 28 heteroatoms. The number of urea groups is 1. The van der Waals surface area contributed by atoms with Crippen molar-refractivity contribution in [3.63, 3.8) is 0 Å². The Balaban J connectivity index is 1.09. The Morgan fingerprint density at radius 3 is 1.97 bits per heavy atom. The fourth-order valence-electron chi connectivity index (χ4n) is 14.4. The molecule has 3 aromatic rings. The van der Waals surface area contributed by atoms with Crippen LogP contribution < -0.4 is 32.3 Å². The Labute approximate surface area is 602 Å². The molecular formula is C75H104N8O20. The van der Waals surface area contributed by atoms with Crippen LogP contribution in [0.15, 0.2) is 96.1 Å². The SMILES string of the molecule is CO[C@H]1C(=O)[C@]2(C)[C@@H](OC)C[C@H]3OC[C@@]3(OC(C)=O)[C@H]2[C@H](OC(=O)c2ccccc2)[C@]2(O)C[C@H](OC(=O)[C@H](OC(=O)N(C)CCN(C)C(=O)OCc3ccc(NC(=O)[C@H](CCCNC(N)=O)NC(=O)[C@@H](NC(=O)CCC(=O)C(C)C)C(C)C)cc3)[C@@H](NC(C)(C)C)c3ccccc3)C(C)=C1C2(C)C. The van der Waals surface area contributed by atoms with Gasteiger partial charge >= 0.3 is 36.1 Å². The summed E-state index contributed by atoms with van der Waals surface area (Å²) < 4.78 is 49.9. The molecule has 3 aliphatic carbocycles. The number of likely N-dealkylation sites (N-methyl/N-ethyl adjacent to an activating group) is 2. The van der Waals surface area contributed by atoms with Gasteiger partial charge in [0.15, 0.2) is 11.4 Å². The van der Waals surface area contributed by atoms with Gasteiger partial charge in [0.2, 0.25) is 23.8 Å². The third-order valence-corrected chi connectivity index (χ3v) is 20.2. The summed E-state index contributed by atoms with van der Waals surface area (Å²) in [6.45, 7) is 19.8. The summed E-state index contributed by atoms with van der Waals surface area (Å²) >= 11 is 0. The van der Waals surface area contributed by atoms with Gasteiger partial charge in [0.05, 0.1) is 35.6 Å². The minimum absolute atomic E-state index is 0.00772. The van der Waals surface area contributed by atoms with Crippen LogP contribution in [-0.2, 0) is 78.1 Å². The fourth-order valence-corrected chi connectivity index (χ4v) is 14.4. The van der Waals surface area contributed by atoms with Crippen molar-refractivity contribution in [1.82, 2.24) is 31.1 Å². The van der Waals surface area contributed by atoms with Crippen molar-refractivity contribution < 1.29 is 95.7 Å². The normalized spacial score (nSPS) is 24.5. The standard InChI is InChI=1S/C75H104N8O20/c1-42(2)51(85)33-34-55(86)80-57(43(3)4)65(89)79-50(28-23-35-77-68(76)92)64(88)78-49-31-29-46(30-32-49)40-98-69(93)82(13)36-37-83(14)70(94)101-60(58(81-71(7,8)9)47-24-19-17-20-25-47)67(91)100-52-39-75(95)63(102-66(90)48-26-21-18-22-27-48)61-73(12,62(87)59(97-16)56(44(52)5)72(75,10)11)53(96-15)38-54-74(61,41-99-54)103-45(6)84/h17-22,24-27,29-32,42-43,50,52-54,57-61,63,81,95H,23,28,33-41H2,1-16H3,(H,78,88)(H,79,89)(H,80,86)(H3,76,77,92)/t50-,52-,53-,54+,57-,58-,59+,60+,61-,63-,73+,74-,75+/m0/s1. The largest absolute Gasteiger partial charge is 0.455 e. The van der Waals surface area contributed by atoms with E-state index in [2.05, 4.69) is 26.6 Å². The van der Waals surface area contributed by atoms with Crippen LogP contribution >= 0.6 is 0 Å². The first-order chi connectivity index (χ1) is 48.3. The maximum absolute atomic E-state index is 16.0. The molecule has 7 amide bonds. The monoisotopic (exact) mass is 1440 g/mol. The van der Waals surface area contributed by atoms with E-state index in [0.29, 0.717) is 22.4 Å². The van der Waals surface area contributed by atoms with E-state index < -0.39 is 160 Å². The van der Waals surface area contributed by atoms with Crippen LogP contribution in [-0.4, -0.2) is 200 Å². The first kappa shape index (κ1) is 81.5. The molecule has 0 spiro atoms. The summed E-state index contributed by atoms with van der Waals surface area (Å²) in [6, 6.07) is 19.1. The minimum atomic E-state index is -2.32. The van der Waals surface area contributed by atoms with Crippen LogP contribution in [0.25, 0.3) is 0 Å². The fraction of sp³-hybridized carbons (Fsp3) is 0.587. The molecule has 0 aromatic heterocycles. The van der Waals surface area contributed by atoms with Gasteiger partial charge in [-0.1, -0.05) is 102 Å². The number of carbonyl (C=O) groups is 11. The molecule has 2 bridgehead atoms. The molecular weight excluding hydrogens is 1330 g/mol. The van der Waals surface area contributed by atoms with Gasteiger partial charge in [-0.3, -0.25) is 28.8 Å². The molecule has 2 saturated carbocycles. The van der Waals surface area contributed by atoms with Gasteiger partial charge in [-0.25, -0.2) is 24.0 Å². The van der Waals surface area contributed by atoms with Crippen LogP contribution in [0.2, 0.25) is 0 Å². The highest BCUT2D eigenvalue weighted by Gasteiger charge is 2.78. The van der Waals surface area contributed by atoms with E-state index >= 15 is 9.59 Å². The van der Waals surface area contributed by atoms with Gasteiger partial charge in [0.1, 0.15) is 54.5 Å². The van der Waals surface area contributed by atoms with Crippen molar-refractivity contribution in [2.75, 3.05) is 59.9 Å². The topological polar surface area (TPSA) is 374 Å². The van der Waals surface area contributed by atoms with E-state index in [4.69, 9.17) is 43.6 Å². The van der Waals surface area contributed by atoms with Gasteiger partial charge in [-0.15, -0.1) is 0 Å². The summed E-state index contributed by atoms with van der Waals surface area (Å²) in [5.74, 6) is -7.11. The number of primary amides is 1. The zero-order chi connectivity index (χ0) is 76.3. The van der Waals surface area contributed by atoms with Gasteiger partial charge in [-0.05, 0) is 99.9 Å². The van der Waals surface area contributed by atoms with Crippen molar-refractivity contribution in [2.24, 2.45) is 34.3 Å². The summed E-state index contributed by atoms with van der Waals surface area (Å²) in [6.07, 6.45) is -10.3. The van der Waals surface area contributed by atoms with E-state index in [1.165, 1.54) is 52.3 Å². The minimum Gasteiger partial charge on any atom is -0.455 e. The highest BCUT2D eigenvalue weighted by Crippen LogP contribution is 2.65. The number of amides is 7. The summed E-state index contributed by atoms with van der Waals surface area (Å²) in [5, 5.41) is 28.3. The van der Waals surface area contributed by atoms with Crippen LogP contribution in [0.1, 0.15) is 149 Å². The molecule has 28 nitrogen and oxygen atoms in total. The van der Waals surface area contributed by atoms with Gasteiger partial charge < -0.3 is 85.1 Å². The number of hydrogen-bond acceptors (Lipinski definition) is 21. The number of ketones is 2. The van der Waals surface area contributed by atoms with E-state index in [1.54, 1.807) is 128 Å². The number of anilines is 1. The summed E-state index contributed by atoms with van der Waals surface area (Å²) in [7, 11) is 5.63. The van der Waals surface area contributed by atoms with Gasteiger partial charge in [-0.2, -0.15) is 0 Å². The van der Waals surface area contributed by atoms with Gasteiger partial charge in [0, 0.05) is 103 Å². The number of nitrogens with one attached hydrogen (secondary N) is 5. The van der Waals surface area contributed by atoms with Crippen LogP contribution in [0.5, 0.6) is 0 Å². The molecule has 7 rings (SSSR count).